The summed E-state index contributed by atoms with van der Waals surface area (Å²) in [5.74, 6) is 0. The van der Waals surface area contributed by atoms with Crippen molar-refractivity contribution in [3.8, 4) is 35.0 Å². The predicted molar refractivity (Wildman–Crippen MR) is 204 cm³/mol. The van der Waals surface area contributed by atoms with Crippen LogP contribution in [0.1, 0.15) is 16.7 Å². The monoisotopic (exact) mass is 652 g/mol. The molecule has 0 aliphatic carbocycles. The molecule has 0 amide bonds. The minimum atomic E-state index is -2.71. The molecular formula is C45H28N4Si. The number of nitrogens with zero attached hydrogens (tertiary/aromatic N) is 4. The number of benzene rings is 7. The summed E-state index contributed by atoms with van der Waals surface area (Å²) in [6.45, 7) is 0. The van der Waals surface area contributed by atoms with Crippen LogP contribution in [0.2, 0.25) is 0 Å². The van der Waals surface area contributed by atoms with E-state index < -0.39 is 8.07 Å². The van der Waals surface area contributed by atoms with E-state index in [4.69, 9.17) is 0 Å². The molecule has 0 fully saturated rings. The molecule has 1 aromatic heterocycles. The van der Waals surface area contributed by atoms with E-state index in [-0.39, 0.29) is 0 Å². The van der Waals surface area contributed by atoms with Gasteiger partial charge in [0, 0.05) is 16.3 Å². The fourth-order valence-electron chi connectivity index (χ4n) is 7.51. The Bertz CT molecular complexity index is 2560. The summed E-state index contributed by atoms with van der Waals surface area (Å²) >= 11 is 0. The van der Waals surface area contributed by atoms with Crippen molar-refractivity contribution in [2.45, 2.75) is 0 Å². The van der Waals surface area contributed by atoms with Gasteiger partial charge < -0.3 is 4.57 Å². The predicted octanol–water partition coefficient (Wildman–Crippen LogP) is 7.44. The minimum absolute atomic E-state index is 0.308. The average molecular weight is 653 g/mol. The van der Waals surface area contributed by atoms with Crippen molar-refractivity contribution in [2.75, 3.05) is 0 Å². The van der Waals surface area contributed by atoms with Crippen molar-refractivity contribution in [1.82, 2.24) is 4.57 Å². The minimum Gasteiger partial charge on any atom is -0.308 e. The second-order valence-electron chi connectivity index (χ2n) is 12.2. The summed E-state index contributed by atoms with van der Waals surface area (Å²) in [5.41, 5.74) is 5.17. The van der Waals surface area contributed by atoms with Gasteiger partial charge in [-0.25, -0.2) is 0 Å². The molecule has 0 atom stereocenters. The van der Waals surface area contributed by atoms with Gasteiger partial charge in [0.1, 0.15) is 12.1 Å². The maximum atomic E-state index is 10.6. The Labute approximate surface area is 291 Å². The van der Waals surface area contributed by atoms with Crippen LogP contribution in [0.15, 0.2) is 170 Å². The SMILES string of the molecule is N#Cc1ccc2c(c1)c1ccccc1n2-c1ccc(-c2ccc([Si](c3ccccc3)(c3ccccc3)c3ccccc3)cc2)c(C#N)c1C#N. The normalized spacial score (nSPS) is 11.1. The molecule has 50 heavy (non-hydrogen) atoms. The van der Waals surface area contributed by atoms with E-state index in [0.717, 1.165) is 27.4 Å². The maximum absolute atomic E-state index is 10.6. The molecule has 4 nitrogen and oxygen atoms in total. The van der Waals surface area contributed by atoms with Crippen LogP contribution in [0.3, 0.4) is 0 Å². The molecule has 0 spiro atoms. The lowest BCUT2D eigenvalue weighted by Gasteiger charge is -2.34. The molecule has 0 unspecified atom stereocenters. The fraction of sp³-hybridized carbons (Fsp3) is 0. The van der Waals surface area contributed by atoms with E-state index >= 15 is 0 Å². The van der Waals surface area contributed by atoms with E-state index in [2.05, 4.69) is 133 Å². The summed E-state index contributed by atoms with van der Waals surface area (Å²) in [6.07, 6.45) is 0. The number of aromatic nitrogens is 1. The van der Waals surface area contributed by atoms with Crippen molar-refractivity contribution in [1.29, 1.82) is 15.8 Å². The van der Waals surface area contributed by atoms with Gasteiger partial charge >= 0.3 is 0 Å². The zero-order valence-electron chi connectivity index (χ0n) is 27.0. The van der Waals surface area contributed by atoms with Crippen LogP contribution in [-0.2, 0) is 0 Å². The van der Waals surface area contributed by atoms with Crippen LogP contribution in [-0.4, -0.2) is 12.6 Å². The molecule has 0 saturated carbocycles. The largest absolute Gasteiger partial charge is 0.308 e. The van der Waals surface area contributed by atoms with Crippen LogP contribution < -0.4 is 20.7 Å². The number of hydrogen-bond acceptors (Lipinski definition) is 3. The van der Waals surface area contributed by atoms with Gasteiger partial charge in [-0.15, -0.1) is 0 Å². The van der Waals surface area contributed by atoms with Crippen molar-refractivity contribution in [3.05, 3.63) is 187 Å². The van der Waals surface area contributed by atoms with Crippen LogP contribution in [0.25, 0.3) is 38.6 Å². The Morgan fingerprint density at radius 1 is 0.420 bits per heavy atom. The lowest BCUT2D eigenvalue weighted by Crippen LogP contribution is -2.74. The number of fused-ring (bicyclic) bond motifs is 3. The van der Waals surface area contributed by atoms with Crippen LogP contribution >= 0.6 is 0 Å². The molecule has 0 bridgehead atoms. The van der Waals surface area contributed by atoms with Gasteiger partial charge in [-0.3, -0.25) is 0 Å². The number of rotatable bonds is 6. The number of hydrogen-bond donors (Lipinski definition) is 0. The number of para-hydroxylation sites is 1. The van der Waals surface area contributed by atoms with Gasteiger partial charge in [-0.2, -0.15) is 15.8 Å². The number of nitriles is 3. The van der Waals surface area contributed by atoms with Crippen LogP contribution in [0.5, 0.6) is 0 Å². The van der Waals surface area contributed by atoms with E-state index in [1.165, 1.54) is 20.7 Å². The molecule has 8 aromatic rings. The highest BCUT2D eigenvalue weighted by Gasteiger charge is 2.41. The Hall–Kier alpha value is -6.97. The highest BCUT2D eigenvalue weighted by molar-refractivity contribution is 7.19. The molecule has 5 heteroatoms. The van der Waals surface area contributed by atoms with Gasteiger partial charge in [0.25, 0.3) is 0 Å². The molecule has 0 N–H and O–H groups in total. The van der Waals surface area contributed by atoms with Crippen molar-refractivity contribution < 1.29 is 0 Å². The second kappa shape index (κ2) is 12.6. The maximum Gasteiger partial charge on any atom is 0.179 e. The molecule has 1 heterocycles. The molecule has 232 valence electrons. The first-order valence-corrected chi connectivity index (χ1v) is 18.4. The topological polar surface area (TPSA) is 76.3 Å². The third-order valence-electron chi connectivity index (χ3n) is 9.70. The summed E-state index contributed by atoms with van der Waals surface area (Å²) in [4.78, 5) is 0. The molecule has 0 radical (unpaired) electrons. The van der Waals surface area contributed by atoms with Gasteiger partial charge in [-0.1, -0.05) is 140 Å². The first-order chi connectivity index (χ1) is 24.7. The highest BCUT2D eigenvalue weighted by Crippen LogP contribution is 2.36. The molecule has 7 aromatic carbocycles. The summed E-state index contributed by atoms with van der Waals surface area (Å²) < 4.78 is 2.03. The summed E-state index contributed by atoms with van der Waals surface area (Å²) in [7, 11) is -2.71. The van der Waals surface area contributed by atoms with Gasteiger partial charge in [0.05, 0.1) is 39.5 Å². The Balaban J connectivity index is 1.32. The van der Waals surface area contributed by atoms with E-state index in [0.29, 0.717) is 27.9 Å². The van der Waals surface area contributed by atoms with E-state index in [9.17, 15) is 15.8 Å². The van der Waals surface area contributed by atoms with Crippen molar-refractivity contribution >= 4 is 50.6 Å². The Morgan fingerprint density at radius 2 is 0.940 bits per heavy atom. The summed E-state index contributed by atoms with van der Waals surface area (Å²) in [6, 6.07) is 65.3. The second-order valence-corrected chi connectivity index (χ2v) is 16.0. The third kappa shape index (κ3) is 4.72. The first kappa shape index (κ1) is 30.4. The quantitative estimate of drug-likeness (QED) is 0.138. The van der Waals surface area contributed by atoms with Gasteiger partial charge in [0.2, 0.25) is 0 Å². The molecular weight excluding hydrogens is 625 g/mol. The first-order valence-electron chi connectivity index (χ1n) is 16.4. The molecule has 0 saturated heterocycles. The van der Waals surface area contributed by atoms with Crippen molar-refractivity contribution in [3.63, 3.8) is 0 Å². The van der Waals surface area contributed by atoms with Gasteiger partial charge in [0.15, 0.2) is 8.07 Å². The lowest BCUT2D eigenvalue weighted by molar-refractivity contribution is 1.16. The zero-order valence-corrected chi connectivity index (χ0v) is 28.0. The fourth-order valence-corrected chi connectivity index (χ4v) is 12.3. The standard InChI is InChI=1S/C45H28N4Si/c46-29-32-20-26-44-40(28-32)39-18-10-11-19-43(39)49(44)45-27-25-38(41(30-47)42(45)31-48)33-21-23-37(24-22-33)50(34-12-4-1-5-13-34,35-14-6-2-7-15-35)36-16-8-3-9-17-36/h1-28H. The third-order valence-corrected chi connectivity index (χ3v) is 14.5. The molecule has 8 rings (SSSR count). The van der Waals surface area contributed by atoms with Crippen molar-refractivity contribution in [2.24, 2.45) is 0 Å². The summed E-state index contributed by atoms with van der Waals surface area (Å²) in [5, 5.41) is 37.8. The zero-order chi connectivity index (χ0) is 34.1. The highest BCUT2D eigenvalue weighted by atomic mass is 28.3. The molecule has 0 aliphatic rings. The lowest BCUT2D eigenvalue weighted by atomic mass is 9.95. The van der Waals surface area contributed by atoms with Crippen LogP contribution in [0.4, 0.5) is 0 Å². The van der Waals surface area contributed by atoms with E-state index in [1.807, 2.05) is 53.1 Å². The van der Waals surface area contributed by atoms with E-state index in [1.54, 1.807) is 6.07 Å². The smallest absolute Gasteiger partial charge is 0.179 e. The Kier molecular flexibility index (Phi) is 7.63. The van der Waals surface area contributed by atoms with Gasteiger partial charge in [-0.05, 0) is 56.6 Å². The molecule has 0 aliphatic heterocycles. The van der Waals surface area contributed by atoms with Crippen LogP contribution in [0, 0.1) is 34.0 Å². The average Bonchev–Trinajstić information content (AvgIpc) is 3.52. The Morgan fingerprint density at radius 3 is 1.50 bits per heavy atom.